The van der Waals surface area contributed by atoms with E-state index in [-0.39, 0.29) is 5.91 Å². The number of hydrogen-bond acceptors (Lipinski definition) is 2. The molecule has 0 aliphatic rings. The van der Waals surface area contributed by atoms with E-state index in [9.17, 15) is 4.79 Å². The first kappa shape index (κ1) is 15.4. The van der Waals surface area contributed by atoms with Gasteiger partial charge in [-0.1, -0.05) is 41.4 Å². The van der Waals surface area contributed by atoms with E-state index in [4.69, 9.17) is 16.3 Å². The Morgan fingerprint density at radius 2 is 1.86 bits per heavy atom. The van der Waals surface area contributed by atoms with Gasteiger partial charge in [0.2, 0.25) is 0 Å². The van der Waals surface area contributed by atoms with Crippen LogP contribution >= 0.6 is 11.6 Å². The summed E-state index contributed by atoms with van der Waals surface area (Å²) in [7, 11) is 3.33. The maximum absolute atomic E-state index is 12.4. The van der Waals surface area contributed by atoms with E-state index >= 15 is 0 Å². The predicted octanol–water partition coefficient (Wildman–Crippen LogP) is 3.93. The van der Waals surface area contributed by atoms with Crippen molar-refractivity contribution in [1.29, 1.82) is 0 Å². The molecular weight excluding hydrogens is 286 g/mol. The van der Waals surface area contributed by atoms with E-state index in [0.717, 1.165) is 5.56 Å². The summed E-state index contributed by atoms with van der Waals surface area (Å²) in [6, 6.07) is 13.2. The van der Waals surface area contributed by atoms with Crippen molar-refractivity contribution in [1.82, 2.24) is 4.90 Å². The lowest BCUT2D eigenvalue weighted by atomic mass is 10.1. The monoisotopic (exact) mass is 303 g/mol. The summed E-state index contributed by atoms with van der Waals surface area (Å²) in [5.41, 5.74) is 2.85. The summed E-state index contributed by atoms with van der Waals surface area (Å²) < 4.78 is 5.09. The van der Waals surface area contributed by atoms with Gasteiger partial charge >= 0.3 is 0 Å². The molecule has 0 heterocycles. The maximum atomic E-state index is 12.4. The number of methoxy groups -OCH3 is 1. The van der Waals surface area contributed by atoms with Gasteiger partial charge < -0.3 is 9.64 Å². The summed E-state index contributed by atoms with van der Waals surface area (Å²) in [5.74, 6) is 0.495. The average Bonchev–Trinajstić information content (AvgIpc) is 2.48. The highest BCUT2D eigenvalue weighted by Gasteiger charge is 2.14. The molecule has 0 aliphatic carbocycles. The number of carbonyl (C=O) groups is 1. The zero-order chi connectivity index (χ0) is 15.4. The summed E-state index contributed by atoms with van der Waals surface area (Å²) in [4.78, 5) is 14.1. The Hall–Kier alpha value is -2.00. The Bertz CT molecular complexity index is 638. The fraction of sp³-hybridized carbons (Fsp3) is 0.235. The van der Waals surface area contributed by atoms with E-state index in [2.05, 4.69) is 0 Å². The van der Waals surface area contributed by atoms with Crippen molar-refractivity contribution in [3.05, 3.63) is 64.2 Å². The number of nitrogens with zero attached hydrogens (tertiary/aromatic N) is 1. The zero-order valence-corrected chi connectivity index (χ0v) is 13.1. The number of amides is 1. The Labute approximate surface area is 130 Å². The number of carbonyl (C=O) groups excluding carboxylic acids is 1. The van der Waals surface area contributed by atoms with E-state index in [1.807, 2.05) is 31.2 Å². The molecule has 2 aromatic rings. The molecule has 2 aromatic carbocycles. The molecule has 0 saturated carbocycles. The summed E-state index contributed by atoms with van der Waals surface area (Å²) in [6.07, 6.45) is 0. The predicted molar refractivity (Wildman–Crippen MR) is 85.0 cm³/mol. The quantitative estimate of drug-likeness (QED) is 0.856. The van der Waals surface area contributed by atoms with Gasteiger partial charge in [0.05, 0.1) is 12.1 Å². The number of rotatable bonds is 4. The lowest BCUT2D eigenvalue weighted by molar-refractivity contribution is 0.0785. The van der Waals surface area contributed by atoms with Gasteiger partial charge in [-0.3, -0.25) is 4.79 Å². The van der Waals surface area contributed by atoms with Gasteiger partial charge in [0.1, 0.15) is 5.75 Å². The summed E-state index contributed by atoms with van der Waals surface area (Å²) in [5, 5.41) is 0.437. The fourth-order valence-corrected chi connectivity index (χ4v) is 2.32. The van der Waals surface area contributed by atoms with Crippen LogP contribution in [0.5, 0.6) is 5.75 Å². The van der Waals surface area contributed by atoms with E-state index in [1.165, 1.54) is 5.56 Å². The molecule has 2 rings (SSSR count). The molecule has 0 bridgehead atoms. The third-order valence-electron chi connectivity index (χ3n) is 3.29. The van der Waals surface area contributed by atoms with Crippen molar-refractivity contribution in [2.45, 2.75) is 13.5 Å². The van der Waals surface area contributed by atoms with Crippen molar-refractivity contribution in [3.8, 4) is 5.75 Å². The largest absolute Gasteiger partial charge is 0.495 e. The Balaban J connectivity index is 2.11. The van der Waals surface area contributed by atoms with Gasteiger partial charge in [0.25, 0.3) is 5.91 Å². The smallest absolute Gasteiger partial charge is 0.253 e. The van der Waals surface area contributed by atoms with Gasteiger partial charge in [-0.05, 0) is 30.7 Å². The number of benzene rings is 2. The average molecular weight is 304 g/mol. The number of ether oxygens (including phenoxy) is 1. The number of hydrogen-bond donors (Lipinski definition) is 0. The van der Waals surface area contributed by atoms with Crippen LogP contribution in [0.3, 0.4) is 0 Å². The van der Waals surface area contributed by atoms with Gasteiger partial charge in [-0.15, -0.1) is 0 Å². The second-order valence-electron chi connectivity index (χ2n) is 5.00. The minimum Gasteiger partial charge on any atom is -0.495 e. The normalized spacial score (nSPS) is 10.3. The lowest BCUT2D eigenvalue weighted by Crippen LogP contribution is -2.26. The first-order valence-electron chi connectivity index (χ1n) is 6.66. The van der Waals surface area contributed by atoms with Crippen molar-refractivity contribution < 1.29 is 9.53 Å². The Morgan fingerprint density at radius 1 is 1.19 bits per heavy atom. The van der Waals surface area contributed by atoms with Crippen LogP contribution in [0.15, 0.2) is 42.5 Å². The maximum Gasteiger partial charge on any atom is 0.253 e. The molecule has 0 aromatic heterocycles. The third-order valence-corrected chi connectivity index (χ3v) is 3.58. The second-order valence-corrected chi connectivity index (χ2v) is 5.40. The molecule has 0 radical (unpaired) electrons. The molecule has 0 aliphatic heterocycles. The van der Waals surface area contributed by atoms with Crippen LogP contribution in [0.2, 0.25) is 5.02 Å². The molecule has 4 heteroatoms. The first-order chi connectivity index (χ1) is 10.0. The molecule has 21 heavy (non-hydrogen) atoms. The molecule has 0 saturated heterocycles. The fourth-order valence-electron chi connectivity index (χ4n) is 2.06. The zero-order valence-electron chi connectivity index (χ0n) is 12.4. The molecule has 110 valence electrons. The Kier molecular flexibility index (Phi) is 4.86. The van der Waals surface area contributed by atoms with Crippen LogP contribution in [0.25, 0.3) is 0 Å². The minimum atomic E-state index is -0.0693. The van der Waals surface area contributed by atoms with E-state index in [1.54, 1.807) is 37.3 Å². The highest BCUT2D eigenvalue weighted by atomic mass is 35.5. The van der Waals surface area contributed by atoms with Gasteiger partial charge in [-0.25, -0.2) is 0 Å². The van der Waals surface area contributed by atoms with Crippen LogP contribution in [0.1, 0.15) is 21.5 Å². The van der Waals surface area contributed by atoms with Crippen LogP contribution in [0, 0.1) is 6.92 Å². The molecule has 3 nitrogen and oxygen atoms in total. The lowest BCUT2D eigenvalue weighted by Gasteiger charge is -2.18. The number of aryl methyl sites for hydroxylation is 1. The van der Waals surface area contributed by atoms with Crippen LogP contribution in [-0.2, 0) is 6.54 Å². The summed E-state index contributed by atoms with van der Waals surface area (Å²) in [6.45, 7) is 2.60. The third kappa shape index (κ3) is 3.76. The SMILES string of the molecule is COc1ccc(C(=O)N(C)Cc2ccc(C)cc2)cc1Cl. The van der Waals surface area contributed by atoms with Crippen molar-refractivity contribution in [3.63, 3.8) is 0 Å². The van der Waals surface area contributed by atoms with Crippen molar-refractivity contribution in [2.24, 2.45) is 0 Å². The molecule has 0 atom stereocenters. The standard InChI is InChI=1S/C17H18ClNO2/c1-12-4-6-13(7-5-12)11-19(2)17(20)14-8-9-16(21-3)15(18)10-14/h4-10H,11H2,1-3H3. The molecule has 0 spiro atoms. The minimum absolute atomic E-state index is 0.0693. The Morgan fingerprint density at radius 3 is 2.43 bits per heavy atom. The van der Waals surface area contributed by atoms with E-state index < -0.39 is 0 Å². The van der Waals surface area contributed by atoms with Crippen LogP contribution in [0.4, 0.5) is 0 Å². The highest BCUT2D eigenvalue weighted by molar-refractivity contribution is 6.32. The molecular formula is C17H18ClNO2. The topological polar surface area (TPSA) is 29.5 Å². The van der Waals surface area contributed by atoms with Crippen molar-refractivity contribution in [2.75, 3.05) is 14.2 Å². The van der Waals surface area contributed by atoms with Gasteiger partial charge in [0.15, 0.2) is 0 Å². The van der Waals surface area contributed by atoms with Crippen molar-refractivity contribution >= 4 is 17.5 Å². The molecule has 1 amide bonds. The highest BCUT2D eigenvalue weighted by Crippen LogP contribution is 2.25. The van der Waals surface area contributed by atoms with E-state index in [0.29, 0.717) is 22.9 Å². The molecule has 0 N–H and O–H groups in total. The number of halogens is 1. The van der Waals surface area contributed by atoms with Crippen LogP contribution in [-0.4, -0.2) is 25.0 Å². The second kappa shape index (κ2) is 6.64. The summed E-state index contributed by atoms with van der Waals surface area (Å²) >= 11 is 6.06. The molecule has 0 fully saturated rings. The van der Waals surface area contributed by atoms with Crippen LogP contribution < -0.4 is 4.74 Å². The van der Waals surface area contributed by atoms with Gasteiger partial charge in [-0.2, -0.15) is 0 Å². The first-order valence-corrected chi connectivity index (χ1v) is 7.03. The van der Waals surface area contributed by atoms with Gasteiger partial charge in [0, 0.05) is 19.2 Å². The molecule has 0 unspecified atom stereocenters.